The Morgan fingerprint density at radius 1 is 1.62 bits per heavy atom. The molecule has 1 fully saturated rings. The van der Waals surface area contributed by atoms with Gasteiger partial charge < -0.3 is 4.90 Å². The smallest absolute Gasteiger partial charge is 0.255 e. The van der Waals surface area contributed by atoms with Crippen LogP contribution in [-0.2, 0) is 0 Å². The fourth-order valence-corrected chi connectivity index (χ4v) is 1.32. The third-order valence-electron chi connectivity index (χ3n) is 2.32. The summed E-state index contributed by atoms with van der Waals surface area (Å²) >= 11 is 0. The van der Waals surface area contributed by atoms with Crippen LogP contribution in [-0.4, -0.2) is 28.9 Å². The van der Waals surface area contributed by atoms with Crippen molar-refractivity contribution in [2.45, 2.75) is 18.9 Å². The molecular formula is C10H12N2O. The van der Waals surface area contributed by atoms with Crippen molar-refractivity contribution < 1.29 is 4.79 Å². The molecular weight excluding hydrogens is 164 g/mol. The van der Waals surface area contributed by atoms with Gasteiger partial charge in [0.25, 0.3) is 5.91 Å². The lowest BCUT2D eigenvalue weighted by Crippen LogP contribution is -2.28. The summed E-state index contributed by atoms with van der Waals surface area (Å²) in [4.78, 5) is 17.4. The molecule has 1 amide bonds. The van der Waals surface area contributed by atoms with E-state index in [2.05, 4.69) is 4.98 Å². The fourth-order valence-electron chi connectivity index (χ4n) is 1.32. The maximum absolute atomic E-state index is 11.7. The zero-order chi connectivity index (χ0) is 9.26. The summed E-state index contributed by atoms with van der Waals surface area (Å²) in [7, 11) is 1.85. The largest absolute Gasteiger partial charge is 0.339 e. The molecule has 0 unspecified atom stereocenters. The summed E-state index contributed by atoms with van der Waals surface area (Å²) in [6, 6.07) is 4.05. The van der Waals surface area contributed by atoms with E-state index in [1.165, 1.54) is 0 Å². The van der Waals surface area contributed by atoms with Gasteiger partial charge in [-0.25, -0.2) is 0 Å². The van der Waals surface area contributed by atoms with Gasteiger partial charge in [-0.3, -0.25) is 9.78 Å². The number of hydrogen-bond acceptors (Lipinski definition) is 2. The van der Waals surface area contributed by atoms with E-state index < -0.39 is 0 Å². The van der Waals surface area contributed by atoms with Gasteiger partial charge in [-0.1, -0.05) is 0 Å². The zero-order valence-corrected chi connectivity index (χ0v) is 7.60. The molecule has 0 atom stereocenters. The van der Waals surface area contributed by atoms with Crippen molar-refractivity contribution in [3.8, 4) is 0 Å². The summed E-state index contributed by atoms with van der Waals surface area (Å²) < 4.78 is 0. The standard InChI is InChI=1S/C10H12N2O/c1-12(9-4-5-9)10(13)8-3-2-6-11-7-8/h2-3,6-7,9H,4-5H2,1H3. The molecule has 0 radical (unpaired) electrons. The van der Waals surface area contributed by atoms with Crippen molar-refractivity contribution in [1.29, 1.82) is 0 Å². The lowest BCUT2D eigenvalue weighted by molar-refractivity contribution is 0.0784. The molecule has 68 valence electrons. The Kier molecular flexibility index (Phi) is 2.00. The summed E-state index contributed by atoms with van der Waals surface area (Å²) in [5, 5.41) is 0. The van der Waals surface area contributed by atoms with Gasteiger partial charge in [-0.05, 0) is 25.0 Å². The van der Waals surface area contributed by atoms with Crippen LogP contribution in [0, 0.1) is 0 Å². The number of carbonyl (C=O) groups excluding carboxylic acids is 1. The van der Waals surface area contributed by atoms with Crippen molar-refractivity contribution in [3.63, 3.8) is 0 Å². The summed E-state index contributed by atoms with van der Waals surface area (Å²) in [5.41, 5.74) is 0.678. The van der Waals surface area contributed by atoms with E-state index >= 15 is 0 Å². The molecule has 2 rings (SSSR count). The molecule has 1 aliphatic rings. The average molecular weight is 176 g/mol. The van der Waals surface area contributed by atoms with Crippen LogP contribution in [0.5, 0.6) is 0 Å². The summed E-state index contributed by atoms with van der Waals surface area (Å²) in [6.07, 6.45) is 5.57. The highest BCUT2D eigenvalue weighted by Gasteiger charge is 2.29. The van der Waals surface area contributed by atoms with Crippen molar-refractivity contribution in [3.05, 3.63) is 30.1 Å². The molecule has 13 heavy (non-hydrogen) atoms. The number of aromatic nitrogens is 1. The first-order valence-corrected chi connectivity index (χ1v) is 4.46. The van der Waals surface area contributed by atoms with E-state index in [4.69, 9.17) is 0 Å². The van der Waals surface area contributed by atoms with E-state index in [1.807, 2.05) is 7.05 Å². The van der Waals surface area contributed by atoms with Gasteiger partial charge in [0.05, 0.1) is 5.56 Å². The third kappa shape index (κ3) is 1.69. The second-order valence-electron chi connectivity index (χ2n) is 3.39. The van der Waals surface area contributed by atoms with Crippen molar-refractivity contribution in [1.82, 2.24) is 9.88 Å². The number of amides is 1. The highest BCUT2D eigenvalue weighted by molar-refractivity contribution is 5.94. The van der Waals surface area contributed by atoms with Gasteiger partial charge in [0.1, 0.15) is 0 Å². The number of rotatable bonds is 2. The monoisotopic (exact) mass is 176 g/mol. The third-order valence-corrected chi connectivity index (χ3v) is 2.32. The van der Waals surface area contributed by atoms with Crippen LogP contribution in [0.2, 0.25) is 0 Å². The Morgan fingerprint density at radius 3 is 2.92 bits per heavy atom. The Balaban J connectivity index is 2.12. The molecule has 1 aromatic rings. The molecule has 3 nitrogen and oxygen atoms in total. The normalized spacial score (nSPS) is 15.5. The van der Waals surface area contributed by atoms with Crippen LogP contribution >= 0.6 is 0 Å². The second-order valence-corrected chi connectivity index (χ2v) is 3.39. The van der Waals surface area contributed by atoms with Crippen LogP contribution in [0.3, 0.4) is 0 Å². The Bertz CT molecular complexity index is 306. The Labute approximate surface area is 77.4 Å². The fraction of sp³-hybridized carbons (Fsp3) is 0.400. The maximum Gasteiger partial charge on any atom is 0.255 e. The predicted molar refractivity (Wildman–Crippen MR) is 49.4 cm³/mol. The minimum Gasteiger partial charge on any atom is -0.339 e. The number of pyridine rings is 1. The van der Waals surface area contributed by atoms with E-state index in [-0.39, 0.29) is 5.91 Å². The molecule has 0 spiro atoms. The van der Waals surface area contributed by atoms with Crippen molar-refractivity contribution in [2.24, 2.45) is 0 Å². The molecule has 1 saturated carbocycles. The SMILES string of the molecule is CN(C(=O)c1cccnc1)C1CC1. The van der Waals surface area contributed by atoms with E-state index in [1.54, 1.807) is 29.4 Å². The average Bonchev–Trinajstić information content (AvgIpc) is 3.00. The molecule has 1 aromatic heterocycles. The number of nitrogens with zero attached hydrogens (tertiary/aromatic N) is 2. The predicted octanol–water partition coefficient (Wildman–Crippen LogP) is 1.32. The van der Waals surface area contributed by atoms with Crippen LogP contribution in [0.4, 0.5) is 0 Å². The van der Waals surface area contributed by atoms with Crippen LogP contribution in [0.25, 0.3) is 0 Å². The topological polar surface area (TPSA) is 33.2 Å². The van der Waals surface area contributed by atoms with Crippen LogP contribution < -0.4 is 0 Å². The van der Waals surface area contributed by atoms with Gasteiger partial charge in [0.2, 0.25) is 0 Å². The molecule has 1 heterocycles. The van der Waals surface area contributed by atoms with Crippen molar-refractivity contribution >= 4 is 5.91 Å². The van der Waals surface area contributed by atoms with Gasteiger partial charge in [0.15, 0.2) is 0 Å². The van der Waals surface area contributed by atoms with E-state index in [0.717, 1.165) is 12.8 Å². The molecule has 0 aromatic carbocycles. The molecule has 3 heteroatoms. The van der Waals surface area contributed by atoms with E-state index in [9.17, 15) is 4.79 Å². The molecule has 1 aliphatic carbocycles. The van der Waals surface area contributed by atoms with Crippen LogP contribution in [0.1, 0.15) is 23.2 Å². The molecule has 0 bridgehead atoms. The number of carbonyl (C=O) groups is 1. The molecule has 0 saturated heterocycles. The first-order valence-electron chi connectivity index (χ1n) is 4.46. The maximum atomic E-state index is 11.7. The Hall–Kier alpha value is -1.38. The number of hydrogen-bond donors (Lipinski definition) is 0. The zero-order valence-electron chi connectivity index (χ0n) is 7.60. The first kappa shape index (κ1) is 8.23. The summed E-state index contributed by atoms with van der Waals surface area (Å²) in [5.74, 6) is 0.0793. The van der Waals surface area contributed by atoms with Crippen molar-refractivity contribution in [2.75, 3.05) is 7.05 Å². The van der Waals surface area contributed by atoms with Gasteiger partial charge >= 0.3 is 0 Å². The lowest BCUT2D eigenvalue weighted by atomic mass is 10.2. The minimum absolute atomic E-state index is 0.0793. The highest BCUT2D eigenvalue weighted by Crippen LogP contribution is 2.26. The van der Waals surface area contributed by atoms with Gasteiger partial charge in [0, 0.05) is 25.5 Å². The molecule has 0 N–H and O–H groups in total. The first-order chi connectivity index (χ1) is 6.29. The van der Waals surface area contributed by atoms with Gasteiger partial charge in [-0.15, -0.1) is 0 Å². The molecule has 0 aliphatic heterocycles. The second kappa shape index (κ2) is 3.17. The Morgan fingerprint density at radius 2 is 2.38 bits per heavy atom. The summed E-state index contributed by atoms with van der Waals surface area (Å²) in [6.45, 7) is 0. The van der Waals surface area contributed by atoms with Gasteiger partial charge in [-0.2, -0.15) is 0 Å². The highest BCUT2D eigenvalue weighted by atomic mass is 16.2. The lowest BCUT2D eigenvalue weighted by Gasteiger charge is -2.15. The van der Waals surface area contributed by atoms with Crippen LogP contribution in [0.15, 0.2) is 24.5 Å². The van der Waals surface area contributed by atoms with E-state index in [0.29, 0.717) is 11.6 Å². The minimum atomic E-state index is 0.0793. The quantitative estimate of drug-likeness (QED) is 0.680.